The summed E-state index contributed by atoms with van der Waals surface area (Å²) >= 11 is 0. The van der Waals surface area contributed by atoms with Crippen LogP contribution < -0.4 is 5.73 Å². The number of rotatable bonds is 6. The van der Waals surface area contributed by atoms with Crippen molar-refractivity contribution in [2.75, 3.05) is 25.4 Å². The van der Waals surface area contributed by atoms with Crippen molar-refractivity contribution in [1.29, 1.82) is 0 Å². The number of H-pyrrole nitrogens is 1. The van der Waals surface area contributed by atoms with Gasteiger partial charge in [-0.2, -0.15) is 5.10 Å². The number of nitrogens with two attached hydrogens (primary N) is 1. The number of hydrogen-bond donors (Lipinski definition) is 2. The van der Waals surface area contributed by atoms with Crippen molar-refractivity contribution in [2.45, 2.75) is 65.3 Å². The first-order valence-corrected chi connectivity index (χ1v) is 14.5. The number of aromatic nitrogens is 6. The first kappa shape index (κ1) is 25.3. The molecule has 2 saturated heterocycles. The fourth-order valence-electron chi connectivity index (χ4n) is 6.19. The molecule has 1 atom stereocenters. The van der Waals surface area contributed by atoms with Gasteiger partial charge in [0.05, 0.1) is 24.5 Å². The lowest BCUT2D eigenvalue weighted by molar-refractivity contribution is -0.0366. The zero-order valence-electron chi connectivity index (χ0n) is 23.4. The fourth-order valence-corrected chi connectivity index (χ4v) is 6.19. The molecule has 2 aliphatic rings. The Balaban J connectivity index is 1.09. The van der Waals surface area contributed by atoms with Crippen LogP contribution in [0.1, 0.15) is 63.4 Å². The summed E-state index contributed by atoms with van der Waals surface area (Å²) in [5.74, 6) is 0. The normalized spacial score (nSPS) is 20.0. The van der Waals surface area contributed by atoms with Gasteiger partial charge in [0.15, 0.2) is 6.23 Å². The smallest absolute Gasteiger partial charge is 0.150 e. The van der Waals surface area contributed by atoms with Crippen LogP contribution in [-0.4, -0.2) is 54.4 Å². The van der Waals surface area contributed by atoms with E-state index in [2.05, 4.69) is 63.4 Å². The number of benzene rings is 2. The molecular weight excluding hydrogens is 500 g/mol. The zero-order chi connectivity index (χ0) is 27.3. The molecule has 0 spiro atoms. The Morgan fingerprint density at radius 1 is 1.07 bits per heavy atom. The van der Waals surface area contributed by atoms with E-state index < -0.39 is 0 Å². The molecular formula is C31H38N8O. The Hall–Kier alpha value is -3.69. The molecule has 5 aromatic rings. The molecule has 1 unspecified atom stereocenters. The van der Waals surface area contributed by atoms with Crippen molar-refractivity contribution in [3.63, 3.8) is 0 Å². The topological polar surface area (TPSA) is 103 Å². The maximum Gasteiger partial charge on any atom is 0.150 e. The molecule has 0 bridgehead atoms. The van der Waals surface area contributed by atoms with E-state index in [9.17, 15) is 0 Å². The summed E-state index contributed by atoms with van der Waals surface area (Å²) in [4.78, 5) is 6.22. The van der Waals surface area contributed by atoms with Crippen LogP contribution in [0.5, 0.6) is 0 Å². The molecule has 5 heterocycles. The van der Waals surface area contributed by atoms with Gasteiger partial charge in [0.25, 0.3) is 0 Å². The summed E-state index contributed by atoms with van der Waals surface area (Å²) in [5, 5.41) is 15.9. The lowest BCUT2D eigenvalue weighted by atomic mass is 9.83. The summed E-state index contributed by atoms with van der Waals surface area (Å²) in [5.41, 5.74) is 13.8. The van der Waals surface area contributed by atoms with Crippen molar-refractivity contribution in [2.24, 2.45) is 5.41 Å². The molecule has 3 N–H and O–H groups in total. The second-order valence-corrected chi connectivity index (χ2v) is 12.4. The molecule has 0 amide bonds. The van der Waals surface area contributed by atoms with E-state index in [0.717, 1.165) is 67.7 Å². The zero-order valence-corrected chi connectivity index (χ0v) is 23.4. The van der Waals surface area contributed by atoms with Gasteiger partial charge >= 0.3 is 0 Å². The van der Waals surface area contributed by atoms with E-state index in [1.54, 1.807) is 0 Å². The predicted molar refractivity (Wildman–Crippen MR) is 158 cm³/mol. The standard InChI is InChI=1S/C31H38N8O/c1-31(2)8-10-37(11-9-31)19-24-14-22-7-6-21(13-27(22)34-24)18-38-20-28(35-36-38)25-15-23(32)16-29-26(25)17-33-39(29)30-5-3-4-12-40-30/h6-7,13-17,20,30,34H,3-5,8-12,18-19,32H2,1-2H3. The minimum Gasteiger partial charge on any atom is -0.399 e. The molecule has 0 saturated carbocycles. The summed E-state index contributed by atoms with van der Waals surface area (Å²) in [6.07, 6.45) is 9.55. The Labute approximate surface area is 234 Å². The van der Waals surface area contributed by atoms with Crippen molar-refractivity contribution in [3.8, 4) is 11.3 Å². The second kappa shape index (κ2) is 10.1. The maximum atomic E-state index is 6.33. The Morgan fingerprint density at radius 3 is 2.77 bits per heavy atom. The summed E-state index contributed by atoms with van der Waals surface area (Å²) in [6, 6.07) is 12.8. The molecule has 7 rings (SSSR count). The third-order valence-corrected chi connectivity index (χ3v) is 8.67. The van der Waals surface area contributed by atoms with Gasteiger partial charge in [0.2, 0.25) is 0 Å². The predicted octanol–water partition coefficient (Wildman–Crippen LogP) is 5.73. The molecule has 0 radical (unpaired) electrons. The Kier molecular flexibility index (Phi) is 6.35. The van der Waals surface area contributed by atoms with Crippen molar-refractivity contribution >= 4 is 27.5 Å². The van der Waals surface area contributed by atoms with Gasteiger partial charge < -0.3 is 15.5 Å². The quantitative estimate of drug-likeness (QED) is 0.268. The minimum absolute atomic E-state index is 0.0491. The van der Waals surface area contributed by atoms with Crippen LogP contribution in [0.2, 0.25) is 0 Å². The fraction of sp³-hybridized carbons (Fsp3) is 0.452. The van der Waals surface area contributed by atoms with E-state index in [0.29, 0.717) is 17.6 Å². The lowest BCUT2D eigenvalue weighted by Gasteiger charge is -2.36. The third kappa shape index (κ3) is 4.99. The summed E-state index contributed by atoms with van der Waals surface area (Å²) in [7, 11) is 0. The Morgan fingerprint density at radius 2 is 1.95 bits per heavy atom. The lowest BCUT2D eigenvalue weighted by Crippen LogP contribution is -2.36. The molecule has 9 heteroatoms. The van der Waals surface area contributed by atoms with Crippen LogP contribution in [0.4, 0.5) is 5.69 Å². The first-order valence-electron chi connectivity index (χ1n) is 14.5. The molecule has 2 fully saturated rings. The average Bonchev–Trinajstić information content (AvgIpc) is 3.68. The van der Waals surface area contributed by atoms with E-state index in [1.165, 1.54) is 35.0 Å². The number of nitrogens with zero attached hydrogens (tertiary/aromatic N) is 6. The molecule has 2 aromatic carbocycles. The monoisotopic (exact) mass is 538 g/mol. The number of anilines is 1. The number of piperidine rings is 1. The van der Waals surface area contributed by atoms with Gasteiger partial charge in [-0.1, -0.05) is 31.2 Å². The summed E-state index contributed by atoms with van der Waals surface area (Å²) in [6.45, 7) is 9.47. The van der Waals surface area contributed by atoms with Gasteiger partial charge in [0, 0.05) is 41.0 Å². The van der Waals surface area contributed by atoms with Gasteiger partial charge in [-0.3, -0.25) is 4.90 Å². The summed E-state index contributed by atoms with van der Waals surface area (Å²) < 4.78 is 9.84. The van der Waals surface area contributed by atoms with E-state index >= 15 is 0 Å². The van der Waals surface area contributed by atoms with Gasteiger partial charge in [-0.25, -0.2) is 9.36 Å². The van der Waals surface area contributed by atoms with Gasteiger partial charge in [0.1, 0.15) is 5.69 Å². The van der Waals surface area contributed by atoms with Gasteiger partial charge in [-0.15, -0.1) is 5.10 Å². The maximum absolute atomic E-state index is 6.33. The van der Waals surface area contributed by atoms with Crippen LogP contribution >= 0.6 is 0 Å². The molecule has 0 aliphatic carbocycles. The highest BCUT2D eigenvalue weighted by Crippen LogP contribution is 2.34. The third-order valence-electron chi connectivity index (χ3n) is 8.67. The number of aromatic amines is 1. The number of nitrogen functional groups attached to an aromatic ring is 1. The highest BCUT2D eigenvalue weighted by atomic mass is 16.5. The van der Waals surface area contributed by atoms with E-state index in [4.69, 9.17) is 10.5 Å². The largest absolute Gasteiger partial charge is 0.399 e. The van der Waals surface area contributed by atoms with E-state index in [-0.39, 0.29) is 6.23 Å². The molecule has 40 heavy (non-hydrogen) atoms. The molecule has 9 nitrogen and oxygen atoms in total. The van der Waals surface area contributed by atoms with Crippen molar-refractivity contribution in [3.05, 3.63) is 60.0 Å². The van der Waals surface area contributed by atoms with E-state index in [1.807, 2.05) is 33.9 Å². The van der Waals surface area contributed by atoms with Crippen LogP contribution in [0.15, 0.2) is 48.8 Å². The van der Waals surface area contributed by atoms with Crippen LogP contribution in [0, 0.1) is 5.41 Å². The van der Waals surface area contributed by atoms with Crippen LogP contribution in [0.3, 0.4) is 0 Å². The van der Waals surface area contributed by atoms with Crippen LogP contribution in [-0.2, 0) is 17.8 Å². The SMILES string of the molecule is CC1(C)CCN(Cc2cc3ccc(Cn4cc(-c5cc(N)cc6c5cnn6C5CCCCO5)nn4)cc3[nH]2)CC1. The highest BCUT2D eigenvalue weighted by Gasteiger charge is 2.25. The average molecular weight is 539 g/mol. The number of ether oxygens (including phenoxy) is 1. The van der Waals surface area contributed by atoms with Crippen molar-refractivity contribution < 1.29 is 4.74 Å². The number of hydrogen-bond acceptors (Lipinski definition) is 6. The van der Waals surface area contributed by atoms with Crippen LogP contribution in [0.25, 0.3) is 33.1 Å². The first-order chi connectivity index (χ1) is 19.4. The number of nitrogens with one attached hydrogen (secondary N) is 1. The molecule has 208 valence electrons. The molecule has 3 aromatic heterocycles. The second-order valence-electron chi connectivity index (χ2n) is 12.4. The number of fused-ring (bicyclic) bond motifs is 2. The number of likely N-dealkylation sites (tertiary alicyclic amines) is 1. The minimum atomic E-state index is -0.0491. The van der Waals surface area contributed by atoms with Gasteiger partial charge in [-0.05, 0) is 85.8 Å². The van der Waals surface area contributed by atoms with Crippen molar-refractivity contribution in [1.82, 2.24) is 34.7 Å². The molecule has 2 aliphatic heterocycles. The Bertz CT molecular complexity index is 1640. The highest BCUT2D eigenvalue weighted by molar-refractivity contribution is 5.96.